The summed E-state index contributed by atoms with van der Waals surface area (Å²) in [7, 11) is 0. The number of fused-ring (bicyclic) bond motifs is 1. The largest absolute Gasteiger partial charge is 0.489 e. The molecule has 1 aromatic carbocycles. The van der Waals surface area contributed by atoms with Crippen LogP contribution in [-0.4, -0.2) is 13.2 Å². The number of hydrogen-bond donors (Lipinski definition) is 0. The molecule has 1 heterocycles. The summed E-state index contributed by atoms with van der Waals surface area (Å²) in [6.45, 7) is 1.08. The molecular weight excluding hydrogens is 239 g/mol. The van der Waals surface area contributed by atoms with Crippen molar-refractivity contribution in [3.05, 3.63) is 22.4 Å². The van der Waals surface area contributed by atoms with Crippen LogP contribution in [-0.2, 0) is 0 Å². The summed E-state index contributed by atoms with van der Waals surface area (Å²) >= 11 is 3.19. The first-order chi connectivity index (χ1) is 6.27. The maximum atomic E-state index is 13.3. The van der Waals surface area contributed by atoms with Crippen LogP contribution in [0.15, 0.2) is 16.6 Å². The van der Waals surface area contributed by atoms with Crippen molar-refractivity contribution in [1.29, 1.82) is 0 Å². The molecule has 1 aliphatic heterocycles. The highest BCUT2D eigenvalue weighted by atomic mass is 79.9. The smallest absolute Gasteiger partial charge is 0.197 e. The van der Waals surface area contributed by atoms with Gasteiger partial charge in [0.15, 0.2) is 17.3 Å². The number of ether oxygens (including phenoxy) is 2. The molecule has 0 saturated carbocycles. The van der Waals surface area contributed by atoms with Gasteiger partial charge >= 0.3 is 0 Å². The molecular formula is C9H8BrFO2. The Bertz CT molecular complexity index is 328. The quantitative estimate of drug-likeness (QED) is 0.701. The molecule has 70 valence electrons. The number of halogens is 2. The van der Waals surface area contributed by atoms with E-state index in [2.05, 4.69) is 15.9 Å². The van der Waals surface area contributed by atoms with E-state index in [1.165, 1.54) is 6.07 Å². The average Bonchev–Trinajstić information content (AvgIpc) is 2.28. The lowest BCUT2D eigenvalue weighted by molar-refractivity contribution is 0.292. The summed E-state index contributed by atoms with van der Waals surface area (Å²) in [5, 5.41) is 0. The highest BCUT2D eigenvalue weighted by Gasteiger charge is 2.15. The predicted octanol–water partition coefficient (Wildman–Crippen LogP) is 2.75. The molecule has 0 N–H and O–H groups in total. The van der Waals surface area contributed by atoms with Gasteiger partial charge in [-0.15, -0.1) is 0 Å². The summed E-state index contributed by atoms with van der Waals surface area (Å²) < 4.78 is 24.5. The molecule has 1 aliphatic rings. The van der Waals surface area contributed by atoms with E-state index in [0.717, 1.165) is 6.42 Å². The molecule has 0 amide bonds. The molecule has 0 aromatic heterocycles. The van der Waals surface area contributed by atoms with Crippen LogP contribution in [0.5, 0.6) is 11.5 Å². The minimum Gasteiger partial charge on any atom is -0.489 e. The Morgan fingerprint density at radius 3 is 2.85 bits per heavy atom. The SMILES string of the molecule is Fc1cc(Br)cc2c1OCCCO2. The van der Waals surface area contributed by atoms with Crippen LogP contribution in [0.4, 0.5) is 4.39 Å². The van der Waals surface area contributed by atoms with Crippen LogP contribution >= 0.6 is 15.9 Å². The van der Waals surface area contributed by atoms with Gasteiger partial charge in [0.1, 0.15) is 0 Å². The monoisotopic (exact) mass is 246 g/mol. The molecule has 0 radical (unpaired) electrons. The van der Waals surface area contributed by atoms with Crippen molar-refractivity contribution >= 4 is 15.9 Å². The highest BCUT2D eigenvalue weighted by Crippen LogP contribution is 2.35. The van der Waals surface area contributed by atoms with Gasteiger partial charge in [-0.1, -0.05) is 15.9 Å². The van der Waals surface area contributed by atoms with E-state index in [-0.39, 0.29) is 11.6 Å². The molecule has 13 heavy (non-hydrogen) atoms. The van der Waals surface area contributed by atoms with Gasteiger partial charge in [-0.2, -0.15) is 0 Å². The van der Waals surface area contributed by atoms with Crippen LogP contribution in [0, 0.1) is 5.82 Å². The Hall–Kier alpha value is -0.770. The maximum absolute atomic E-state index is 13.3. The average molecular weight is 247 g/mol. The summed E-state index contributed by atoms with van der Waals surface area (Å²) in [6.07, 6.45) is 0.783. The van der Waals surface area contributed by atoms with Gasteiger partial charge in [0.05, 0.1) is 13.2 Å². The normalized spacial score (nSPS) is 15.2. The fraction of sp³-hybridized carbons (Fsp3) is 0.333. The first-order valence-electron chi connectivity index (χ1n) is 4.02. The van der Waals surface area contributed by atoms with E-state index < -0.39 is 0 Å². The fourth-order valence-corrected chi connectivity index (χ4v) is 1.61. The van der Waals surface area contributed by atoms with Gasteiger partial charge < -0.3 is 9.47 Å². The van der Waals surface area contributed by atoms with Crippen LogP contribution < -0.4 is 9.47 Å². The Morgan fingerprint density at radius 1 is 1.23 bits per heavy atom. The molecule has 0 atom stereocenters. The van der Waals surface area contributed by atoms with Gasteiger partial charge in [-0.3, -0.25) is 0 Å². The van der Waals surface area contributed by atoms with E-state index >= 15 is 0 Å². The van der Waals surface area contributed by atoms with Crippen molar-refractivity contribution < 1.29 is 13.9 Å². The maximum Gasteiger partial charge on any atom is 0.197 e. The predicted molar refractivity (Wildman–Crippen MR) is 49.7 cm³/mol. The molecule has 0 saturated heterocycles. The Kier molecular flexibility index (Phi) is 2.40. The Balaban J connectivity index is 2.47. The van der Waals surface area contributed by atoms with Crippen molar-refractivity contribution in [2.24, 2.45) is 0 Å². The van der Waals surface area contributed by atoms with Gasteiger partial charge in [-0.05, 0) is 12.1 Å². The first-order valence-corrected chi connectivity index (χ1v) is 4.81. The van der Waals surface area contributed by atoms with Gasteiger partial charge in [0, 0.05) is 10.9 Å². The number of rotatable bonds is 0. The van der Waals surface area contributed by atoms with Gasteiger partial charge in [0.25, 0.3) is 0 Å². The van der Waals surface area contributed by atoms with Crippen LogP contribution in [0.25, 0.3) is 0 Å². The third-order valence-corrected chi connectivity index (χ3v) is 2.22. The molecule has 1 aromatic rings. The molecule has 0 bridgehead atoms. The Labute approximate surface area is 83.8 Å². The van der Waals surface area contributed by atoms with Crippen molar-refractivity contribution in [3.8, 4) is 11.5 Å². The van der Waals surface area contributed by atoms with Crippen LogP contribution in [0.1, 0.15) is 6.42 Å². The van der Waals surface area contributed by atoms with E-state index in [1.54, 1.807) is 6.07 Å². The molecule has 0 unspecified atom stereocenters. The fourth-order valence-electron chi connectivity index (χ4n) is 1.20. The van der Waals surface area contributed by atoms with Gasteiger partial charge in [-0.25, -0.2) is 4.39 Å². The second-order valence-corrected chi connectivity index (χ2v) is 3.68. The highest BCUT2D eigenvalue weighted by molar-refractivity contribution is 9.10. The standard InChI is InChI=1S/C9H8BrFO2/c10-6-4-7(11)9-8(5-6)12-2-1-3-13-9/h4-5H,1-3H2. The lowest BCUT2D eigenvalue weighted by Crippen LogP contribution is -1.97. The summed E-state index contributed by atoms with van der Waals surface area (Å²) in [6, 6.07) is 3.08. The van der Waals surface area contributed by atoms with E-state index in [0.29, 0.717) is 23.4 Å². The number of benzene rings is 1. The zero-order valence-electron chi connectivity index (χ0n) is 6.85. The van der Waals surface area contributed by atoms with Crippen molar-refractivity contribution in [1.82, 2.24) is 0 Å². The lowest BCUT2D eigenvalue weighted by Gasteiger charge is -2.07. The van der Waals surface area contributed by atoms with Crippen LogP contribution in [0.3, 0.4) is 0 Å². The first kappa shape index (κ1) is 8.81. The molecule has 0 aliphatic carbocycles. The summed E-state index contributed by atoms with van der Waals surface area (Å²) in [5.74, 6) is 0.316. The molecule has 2 nitrogen and oxygen atoms in total. The van der Waals surface area contributed by atoms with Crippen molar-refractivity contribution in [3.63, 3.8) is 0 Å². The van der Waals surface area contributed by atoms with E-state index in [4.69, 9.17) is 9.47 Å². The lowest BCUT2D eigenvalue weighted by atomic mass is 10.3. The second kappa shape index (κ2) is 3.54. The zero-order chi connectivity index (χ0) is 9.26. The third kappa shape index (κ3) is 1.77. The third-order valence-electron chi connectivity index (χ3n) is 1.77. The minimum absolute atomic E-state index is 0.223. The van der Waals surface area contributed by atoms with Crippen molar-refractivity contribution in [2.45, 2.75) is 6.42 Å². The zero-order valence-corrected chi connectivity index (χ0v) is 8.43. The molecule has 2 rings (SSSR count). The van der Waals surface area contributed by atoms with Crippen molar-refractivity contribution in [2.75, 3.05) is 13.2 Å². The summed E-state index contributed by atoms with van der Waals surface area (Å²) in [4.78, 5) is 0. The Morgan fingerprint density at radius 2 is 2.00 bits per heavy atom. The summed E-state index contributed by atoms with van der Waals surface area (Å²) in [5.41, 5.74) is 0. The molecule has 0 fully saturated rings. The second-order valence-electron chi connectivity index (χ2n) is 2.77. The minimum atomic E-state index is -0.383. The number of hydrogen-bond acceptors (Lipinski definition) is 2. The molecule has 0 spiro atoms. The van der Waals surface area contributed by atoms with Crippen LogP contribution in [0.2, 0.25) is 0 Å². The topological polar surface area (TPSA) is 18.5 Å². The van der Waals surface area contributed by atoms with Gasteiger partial charge in [0.2, 0.25) is 0 Å². The molecule has 4 heteroatoms. The van der Waals surface area contributed by atoms with E-state index in [9.17, 15) is 4.39 Å². The van der Waals surface area contributed by atoms with E-state index in [1.807, 2.05) is 0 Å².